The zero-order chi connectivity index (χ0) is 13.9. The van der Waals surface area contributed by atoms with E-state index in [1.807, 2.05) is 12.1 Å². The third kappa shape index (κ3) is 2.84. The van der Waals surface area contributed by atoms with Crippen LogP contribution in [0.3, 0.4) is 0 Å². The summed E-state index contributed by atoms with van der Waals surface area (Å²) in [6.07, 6.45) is 1.94. The number of ether oxygens (including phenoxy) is 1. The van der Waals surface area contributed by atoms with Crippen molar-refractivity contribution in [2.45, 2.75) is 6.10 Å². The minimum absolute atomic E-state index is 0.170. The molecule has 2 aromatic rings. The van der Waals surface area contributed by atoms with Gasteiger partial charge >= 0.3 is 0 Å². The van der Waals surface area contributed by atoms with Gasteiger partial charge in [0.2, 0.25) is 0 Å². The maximum absolute atomic E-state index is 9.62. The predicted octanol–water partition coefficient (Wildman–Crippen LogP) is 1.68. The number of nitrogens with one attached hydrogen (secondary N) is 1. The van der Waals surface area contributed by atoms with Gasteiger partial charge in [0.05, 0.1) is 12.7 Å². The van der Waals surface area contributed by atoms with Crippen LogP contribution in [0.25, 0.3) is 10.8 Å². The number of hydrogen-bond donors (Lipinski definition) is 2. The smallest absolute Gasteiger partial charge is 0.134 e. The monoisotopic (exact) mass is 273 g/mol. The Hall–Kier alpha value is -1.85. The largest absolute Gasteiger partial charge is 0.508 e. The Morgan fingerprint density at radius 2 is 2.35 bits per heavy atom. The summed E-state index contributed by atoms with van der Waals surface area (Å²) >= 11 is 0. The van der Waals surface area contributed by atoms with Crippen LogP contribution >= 0.6 is 0 Å². The predicted molar refractivity (Wildman–Crippen MR) is 79.1 cm³/mol. The van der Waals surface area contributed by atoms with Gasteiger partial charge in [-0.25, -0.2) is 4.98 Å². The molecule has 2 N–H and O–H groups in total. The highest BCUT2D eigenvalue weighted by Gasteiger charge is 2.17. The summed E-state index contributed by atoms with van der Waals surface area (Å²) in [6, 6.07) is 7.25. The van der Waals surface area contributed by atoms with Crippen molar-refractivity contribution in [3.05, 3.63) is 30.5 Å². The van der Waals surface area contributed by atoms with Crippen LogP contribution in [0.15, 0.2) is 30.5 Å². The minimum atomic E-state index is 0.170. The summed E-state index contributed by atoms with van der Waals surface area (Å²) in [5, 5.41) is 14.9. The molecular weight excluding hydrogens is 254 g/mol. The van der Waals surface area contributed by atoms with E-state index in [2.05, 4.69) is 22.2 Å². The van der Waals surface area contributed by atoms with E-state index in [9.17, 15) is 5.11 Å². The van der Waals surface area contributed by atoms with Gasteiger partial charge in [0.1, 0.15) is 11.6 Å². The van der Waals surface area contributed by atoms with Crippen LogP contribution in [0.2, 0.25) is 0 Å². The fourth-order valence-corrected chi connectivity index (χ4v) is 2.50. The molecule has 2 heterocycles. The zero-order valence-electron chi connectivity index (χ0n) is 11.5. The van der Waals surface area contributed by atoms with Gasteiger partial charge in [-0.15, -0.1) is 0 Å². The van der Waals surface area contributed by atoms with E-state index >= 15 is 0 Å². The molecule has 1 aliphatic heterocycles. The second-order valence-corrected chi connectivity index (χ2v) is 5.20. The number of phenols is 1. The van der Waals surface area contributed by atoms with Crippen LogP contribution < -0.4 is 5.32 Å². The number of anilines is 1. The second-order valence-electron chi connectivity index (χ2n) is 5.20. The second kappa shape index (κ2) is 5.64. The molecule has 0 aliphatic carbocycles. The number of nitrogens with zero attached hydrogens (tertiary/aromatic N) is 2. The van der Waals surface area contributed by atoms with E-state index in [1.165, 1.54) is 0 Å². The SMILES string of the molecule is CN1CCOC(CNc2nccc3ccc(O)cc23)C1. The van der Waals surface area contributed by atoms with Gasteiger partial charge < -0.3 is 20.1 Å². The van der Waals surface area contributed by atoms with Crippen LogP contribution in [0, 0.1) is 0 Å². The summed E-state index contributed by atoms with van der Waals surface area (Å²) in [6.45, 7) is 3.39. The van der Waals surface area contributed by atoms with Crippen molar-refractivity contribution in [2.24, 2.45) is 0 Å². The lowest BCUT2D eigenvalue weighted by Crippen LogP contribution is -2.43. The highest BCUT2D eigenvalue weighted by molar-refractivity contribution is 5.92. The molecule has 0 spiro atoms. The Balaban J connectivity index is 1.75. The lowest BCUT2D eigenvalue weighted by molar-refractivity contribution is -0.0117. The lowest BCUT2D eigenvalue weighted by Gasteiger charge is -2.30. The number of rotatable bonds is 3. The molecule has 5 heteroatoms. The summed E-state index contributed by atoms with van der Waals surface area (Å²) in [5.41, 5.74) is 0. The van der Waals surface area contributed by atoms with Gasteiger partial charge in [-0.1, -0.05) is 6.07 Å². The van der Waals surface area contributed by atoms with Crippen molar-refractivity contribution in [3.8, 4) is 5.75 Å². The molecule has 106 valence electrons. The van der Waals surface area contributed by atoms with Gasteiger partial charge in [-0.2, -0.15) is 0 Å². The number of benzene rings is 1. The Morgan fingerprint density at radius 3 is 3.20 bits per heavy atom. The van der Waals surface area contributed by atoms with Crippen molar-refractivity contribution in [2.75, 3.05) is 38.6 Å². The van der Waals surface area contributed by atoms with Crippen LogP contribution in [-0.2, 0) is 4.74 Å². The number of hydrogen-bond acceptors (Lipinski definition) is 5. The highest BCUT2D eigenvalue weighted by Crippen LogP contribution is 2.25. The Kier molecular flexibility index (Phi) is 3.71. The molecule has 1 aliphatic rings. The first-order valence-electron chi connectivity index (χ1n) is 6.84. The van der Waals surface area contributed by atoms with Gasteiger partial charge in [0.25, 0.3) is 0 Å². The number of aromatic hydroxyl groups is 1. The van der Waals surface area contributed by atoms with Gasteiger partial charge in [-0.05, 0) is 30.6 Å². The summed E-state index contributed by atoms with van der Waals surface area (Å²) in [7, 11) is 2.10. The van der Waals surface area contributed by atoms with Crippen LogP contribution in [0.4, 0.5) is 5.82 Å². The van der Waals surface area contributed by atoms with E-state index in [1.54, 1.807) is 18.3 Å². The quantitative estimate of drug-likeness (QED) is 0.891. The van der Waals surface area contributed by atoms with E-state index in [0.29, 0.717) is 6.54 Å². The van der Waals surface area contributed by atoms with Gasteiger partial charge in [0.15, 0.2) is 0 Å². The number of morpholine rings is 1. The first kappa shape index (κ1) is 13.1. The van der Waals surface area contributed by atoms with Gasteiger partial charge in [0, 0.05) is 31.2 Å². The Bertz CT molecular complexity index is 603. The highest BCUT2D eigenvalue weighted by atomic mass is 16.5. The minimum Gasteiger partial charge on any atom is -0.508 e. The third-order valence-corrected chi connectivity index (χ3v) is 3.59. The summed E-state index contributed by atoms with van der Waals surface area (Å²) in [4.78, 5) is 6.62. The van der Waals surface area contributed by atoms with E-state index in [4.69, 9.17) is 4.74 Å². The topological polar surface area (TPSA) is 57.6 Å². The third-order valence-electron chi connectivity index (χ3n) is 3.59. The maximum Gasteiger partial charge on any atom is 0.134 e. The standard InChI is InChI=1S/C15H19N3O2/c1-18-6-7-20-13(10-18)9-17-15-14-8-12(19)3-2-11(14)4-5-16-15/h2-5,8,13,19H,6-7,9-10H2,1H3,(H,16,17). The lowest BCUT2D eigenvalue weighted by atomic mass is 10.1. The molecular formula is C15H19N3O2. The maximum atomic E-state index is 9.62. The summed E-state index contributed by atoms with van der Waals surface area (Å²) in [5.74, 6) is 1.04. The van der Waals surface area contributed by atoms with Crippen LogP contribution in [0.1, 0.15) is 0 Å². The molecule has 0 bridgehead atoms. The molecule has 1 atom stereocenters. The van der Waals surface area contributed by atoms with Crippen LogP contribution in [-0.4, -0.2) is 54.4 Å². The molecule has 0 saturated carbocycles. The first-order chi connectivity index (χ1) is 9.72. The molecule has 0 radical (unpaired) electrons. The molecule has 0 amide bonds. The van der Waals surface area contributed by atoms with Crippen molar-refractivity contribution in [1.82, 2.24) is 9.88 Å². The van der Waals surface area contributed by atoms with E-state index < -0.39 is 0 Å². The van der Waals surface area contributed by atoms with Gasteiger partial charge in [-0.3, -0.25) is 0 Å². The fraction of sp³-hybridized carbons (Fsp3) is 0.400. The van der Waals surface area contributed by atoms with Crippen LogP contribution in [0.5, 0.6) is 5.75 Å². The van der Waals surface area contributed by atoms with Crippen molar-refractivity contribution < 1.29 is 9.84 Å². The number of aromatic nitrogens is 1. The van der Waals surface area contributed by atoms with Crippen molar-refractivity contribution >= 4 is 16.6 Å². The Morgan fingerprint density at radius 1 is 1.45 bits per heavy atom. The molecule has 1 unspecified atom stereocenters. The Labute approximate surface area is 118 Å². The fourth-order valence-electron chi connectivity index (χ4n) is 2.50. The number of pyridine rings is 1. The first-order valence-corrected chi connectivity index (χ1v) is 6.84. The number of fused-ring (bicyclic) bond motifs is 1. The zero-order valence-corrected chi connectivity index (χ0v) is 11.5. The number of phenolic OH excluding ortho intramolecular Hbond substituents is 1. The number of likely N-dealkylation sites (N-methyl/N-ethyl adjacent to an activating group) is 1. The normalized spacial score (nSPS) is 20.1. The average Bonchev–Trinajstić information content (AvgIpc) is 2.45. The van der Waals surface area contributed by atoms with Crippen molar-refractivity contribution in [1.29, 1.82) is 0 Å². The molecule has 1 aromatic heterocycles. The van der Waals surface area contributed by atoms with E-state index in [-0.39, 0.29) is 11.9 Å². The molecule has 1 saturated heterocycles. The molecule has 1 fully saturated rings. The molecule has 1 aromatic carbocycles. The van der Waals surface area contributed by atoms with E-state index in [0.717, 1.165) is 36.3 Å². The molecule has 3 rings (SSSR count). The average molecular weight is 273 g/mol. The molecule has 5 nitrogen and oxygen atoms in total. The van der Waals surface area contributed by atoms with Crippen molar-refractivity contribution in [3.63, 3.8) is 0 Å². The molecule has 20 heavy (non-hydrogen) atoms. The summed E-state index contributed by atoms with van der Waals surface area (Å²) < 4.78 is 5.72.